The van der Waals surface area contributed by atoms with Crippen LogP contribution >= 0.6 is 0 Å². The number of benzene rings is 1. The Labute approximate surface area is 142 Å². The van der Waals surface area contributed by atoms with Crippen LogP contribution in [0, 0.1) is 6.92 Å². The van der Waals surface area contributed by atoms with Gasteiger partial charge in [0.2, 0.25) is 5.37 Å². The summed E-state index contributed by atoms with van der Waals surface area (Å²) in [6, 6.07) is 11.2. The monoisotopic (exact) mass is 347 g/mol. The van der Waals surface area contributed by atoms with Crippen LogP contribution in [0.25, 0.3) is 0 Å². The molecule has 0 spiro atoms. The third-order valence-electron chi connectivity index (χ3n) is 3.62. The fourth-order valence-corrected chi connectivity index (χ4v) is 3.25. The minimum atomic E-state index is -4.38. The van der Waals surface area contributed by atoms with Crippen molar-refractivity contribution in [2.75, 3.05) is 5.43 Å². The molecule has 6 nitrogen and oxygen atoms in total. The van der Waals surface area contributed by atoms with E-state index in [2.05, 4.69) is 10.5 Å². The number of pyridine rings is 1. The molecule has 24 heavy (non-hydrogen) atoms. The molecule has 0 radical (unpaired) electrons. The van der Waals surface area contributed by atoms with Crippen LogP contribution in [0.15, 0.2) is 53.9 Å². The molecule has 1 unspecified atom stereocenters. The highest BCUT2D eigenvalue weighted by molar-refractivity contribution is 7.85. The Morgan fingerprint density at radius 2 is 1.92 bits per heavy atom. The molecule has 1 aromatic heterocycles. The number of aryl methyl sites for hydroxylation is 1. The molecule has 1 N–H and O–H groups in total. The number of nitrogens with one attached hydrogen (secondary N) is 1. The van der Waals surface area contributed by atoms with Crippen molar-refractivity contribution in [2.45, 2.75) is 32.1 Å². The van der Waals surface area contributed by atoms with Gasteiger partial charge in [-0.05, 0) is 25.0 Å². The molecule has 0 fully saturated rings. The van der Waals surface area contributed by atoms with E-state index in [9.17, 15) is 13.0 Å². The Morgan fingerprint density at radius 3 is 2.50 bits per heavy atom. The van der Waals surface area contributed by atoms with Gasteiger partial charge >= 0.3 is 0 Å². The molecule has 0 saturated carbocycles. The summed E-state index contributed by atoms with van der Waals surface area (Å²) in [7, 11) is -4.38. The van der Waals surface area contributed by atoms with Crippen molar-refractivity contribution in [3.63, 3.8) is 0 Å². The summed E-state index contributed by atoms with van der Waals surface area (Å²) in [4.78, 5) is 0. The summed E-state index contributed by atoms with van der Waals surface area (Å²) in [6.45, 7) is 3.83. The maximum Gasteiger partial charge on any atom is 0.245 e. The van der Waals surface area contributed by atoms with E-state index >= 15 is 0 Å². The lowest BCUT2D eigenvalue weighted by Gasteiger charge is -2.15. The summed E-state index contributed by atoms with van der Waals surface area (Å²) >= 11 is 0. The van der Waals surface area contributed by atoms with E-state index < -0.39 is 15.5 Å². The van der Waals surface area contributed by atoms with Crippen molar-refractivity contribution >= 4 is 22.0 Å². The molecule has 0 aliphatic heterocycles. The maximum absolute atomic E-state index is 11.4. The second-order valence-electron chi connectivity index (χ2n) is 5.50. The first-order valence-corrected chi connectivity index (χ1v) is 9.19. The molecule has 0 aliphatic rings. The largest absolute Gasteiger partial charge is 0.743 e. The molecular weight excluding hydrogens is 326 g/mol. The van der Waals surface area contributed by atoms with Crippen LogP contribution in [0.4, 0.5) is 5.69 Å². The zero-order chi connectivity index (χ0) is 17.6. The highest BCUT2D eigenvalue weighted by Gasteiger charge is 2.24. The topological polar surface area (TPSA) is 85.5 Å². The van der Waals surface area contributed by atoms with Gasteiger partial charge in [-0.15, -0.1) is 0 Å². The van der Waals surface area contributed by atoms with E-state index in [1.165, 1.54) is 4.57 Å². The number of nitrogens with zero attached hydrogens (tertiary/aromatic N) is 2. The molecule has 2 aromatic rings. The summed E-state index contributed by atoms with van der Waals surface area (Å²) in [5.41, 5.74) is 5.76. The lowest BCUT2D eigenvalue weighted by atomic mass is 10.2. The normalized spacial score (nSPS) is 13.1. The molecule has 0 saturated heterocycles. The predicted molar refractivity (Wildman–Crippen MR) is 92.7 cm³/mol. The van der Waals surface area contributed by atoms with E-state index in [4.69, 9.17) is 0 Å². The minimum Gasteiger partial charge on any atom is -0.743 e. The molecule has 1 aromatic carbocycles. The Kier molecular flexibility index (Phi) is 6.05. The Bertz CT molecular complexity index is 802. The maximum atomic E-state index is 11.4. The van der Waals surface area contributed by atoms with Crippen LogP contribution in [0.1, 0.15) is 36.3 Å². The number of hydrogen-bond donors (Lipinski definition) is 1. The third-order valence-corrected chi connectivity index (χ3v) is 4.77. The second-order valence-corrected chi connectivity index (χ2v) is 7.03. The van der Waals surface area contributed by atoms with E-state index in [-0.39, 0.29) is 0 Å². The van der Waals surface area contributed by atoms with Crippen molar-refractivity contribution in [3.8, 4) is 0 Å². The molecule has 128 valence electrons. The van der Waals surface area contributed by atoms with Gasteiger partial charge in [0, 0.05) is 24.1 Å². The number of hydrogen-bond acceptors (Lipinski definition) is 5. The first-order valence-electron chi connectivity index (χ1n) is 7.72. The highest BCUT2D eigenvalue weighted by Crippen LogP contribution is 2.14. The van der Waals surface area contributed by atoms with Crippen LogP contribution in [0.2, 0.25) is 0 Å². The van der Waals surface area contributed by atoms with Crippen molar-refractivity contribution in [1.82, 2.24) is 0 Å². The van der Waals surface area contributed by atoms with Crippen molar-refractivity contribution in [1.29, 1.82) is 0 Å². The second kappa shape index (κ2) is 8.03. The van der Waals surface area contributed by atoms with Gasteiger partial charge in [0.25, 0.3) is 0 Å². The average Bonchev–Trinajstić information content (AvgIpc) is 2.54. The van der Waals surface area contributed by atoms with Crippen molar-refractivity contribution in [2.24, 2.45) is 5.10 Å². The Balaban J connectivity index is 2.09. The molecule has 2 rings (SSSR count). The Morgan fingerprint density at radius 1 is 1.25 bits per heavy atom. The van der Waals surface area contributed by atoms with E-state index in [0.717, 1.165) is 16.8 Å². The summed E-state index contributed by atoms with van der Waals surface area (Å²) in [5.74, 6) is 0. The lowest BCUT2D eigenvalue weighted by molar-refractivity contribution is -0.703. The molecule has 7 heteroatoms. The molecule has 0 aliphatic carbocycles. The molecular formula is C17H21N3O3S. The first kappa shape index (κ1) is 18.1. The zero-order valence-corrected chi connectivity index (χ0v) is 14.5. The molecule has 0 bridgehead atoms. The van der Waals surface area contributed by atoms with Crippen LogP contribution < -0.4 is 9.99 Å². The van der Waals surface area contributed by atoms with Crippen LogP contribution in [0.3, 0.4) is 0 Å². The minimum absolute atomic E-state index is 0.290. The smallest absolute Gasteiger partial charge is 0.245 e. The van der Waals surface area contributed by atoms with Crippen LogP contribution in [-0.2, 0) is 10.1 Å². The average molecular weight is 347 g/mol. The highest BCUT2D eigenvalue weighted by atomic mass is 32.2. The molecule has 1 heterocycles. The first-order chi connectivity index (χ1) is 11.4. The van der Waals surface area contributed by atoms with E-state index in [1.54, 1.807) is 30.7 Å². The Hall–Kier alpha value is -2.25. The lowest BCUT2D eigenvalue weighted by Crippen LogP contribution is -2.43. The van der Waals surface area contributed by atoms with Crippen LogP contribution in [-0.4, -0.2) is 19.2 Å². The van der Waals surface area contributed by atoms with Crippen molar-refractivity contribution < 1.29 is 17.5 Å². The SMILES string of the molecule is CCCC([n+]1ccc(/C=N/Nc2ccccc2C)cc1)S(=O)(=O)[O-]. The van der Waals surface area contributed by atoms with Crippen LogP contribution in [0.5, 0.6) is 0 Å². The van der Waals surface area contributed by atoms with Gasteiger partial charge in [0.05, 0.1) is 11.9 Å². The van der Waals surface area contributed by atoms with E-state index in [1.807, 2.05) is 38.1 Å². The zero-order valence-electron chi connectivity index (χ0n) is 13.7. The third kappa shape index (κ3) is 4.87. The van der Waals surface area contributed by atoms with Crippen molar-refractivity contribution in [3.05, 3.63) is 59.9 Å². The van der Waals surface area contributed by atoms with Gasteiger partial charge in [0.15, 0.2) is 22.5 Å². The summed E-state index contributed by atoms with van der Waals surface area (Å²) in [6.07, 6.45) is 5.72. The van der Waals surface area contributed by atoms with Gasteiger partial charge in [-0.1, -0.05) is 25.1 Å². The van der Waals surface area contributed by atoms with Gasteiger partial charge in [-0.3, -0.25) is 5.43 Å². The predicted octanol–water partition coefficient (Wildman–Crippen LogP) is 2.57. The number of hydrazone groups is 1. The molecule has 1 atom stereocenters. The molecule has 0 amide bonds. The summed E-state index contributed by atoms with van der Waals surface area (Å²) in [5, 5.41) is 3.10. The van der Waals surface area contributed by atoms with Gasteiger partial charge in [0.1, 0.15) is 0 Å². The standard InChI is InChI=1S/C17H21N3O3S/c1-3-6-17(24(21,22)23)20-11-9-15(10-12-20)13-18-19-16-8-5-4-7-14(16)2/h4-5,7-13,17H,3,6H2,1-2H3,(H,21,22,23). The fourth-order valence-electron chi connectivity index (χ4n) is 2.29. The van der Waals surface area contributed by atoms with E-state index in [0.29, 0.717) is 12.8 Å². The van der Waals surface area contributed by atoms with Gasteiger partial charge in [-0.2, -0.15) is 9.67 Å². The number of anilines is 1. The summed E-state index contributed by atoms with van der Waals surface area (Å²) < 4.78 is 35.5. The number of para-hydroxylation sites is 1. The number of aromatic nitrogens is 1. The fraction of sp³-hybridized carbons (Fsp3) is 0.294. The van der Waals surface area contributed by atoms with Gasteiger partial charge < -0.3 is 4.55 Å². The van der Waals surface area contributed by atoms with Gasteiger partial charge in [-0.25, -0.2) is 8.42 Å². The quantitative estimate of drug-likeness (QED) is 0.361. The number of rotatable bonds is 7.